The summed E-state index contributed by atoms with van der Waals surface area (Å²) in [6.07, 6.45) is -0.894. The molecule has 1 aromatic carbocycles. The predicted octanol–water partition coefficient (Wildman–Crippen LogP) is 3.47. The van der Waals surface area contributed by atoms with Gasteiger partial charge in [-0.2, -0.15) is 0 Å². The Morgan fingerprint density at radius 3 is 2.74 bits per heavy atom. The van der Waals surface area contributed by atoms with Crippen LogP contribution in [-0.2, 0) is 0 Å². The van der Waals surface area contributed by atoms with E-state index in [-0.39, 0.29) is 18.3 Å². The second-order valence-corrected chi connectivity index (χ2v) is 6.60. The first-order valence-corrected chi connectivity index (χ1v) is 8.60. The fraction of sp³-hybridized carbons (Fsp3) is 0.125. The van der Waals surface area contributed by atoms with Gasteiger partial charge in [0, 0.05) is 11.9 Å². The van der Waals surface area contributed by atoms with E-state index in [2.05, 4.69) is 10.3 Å². The number of rotatable bonds is 5. The molecule has 0 radical (unpaired) electrons. The number of carbonyl (C=O) groups is 1. The number of aliphatic hydroxyl groups excluding tert-OH is 1. The van der Waals surface area contributed by atoms with Crippen molar-refractivity contribution in [1.29, 1.82) is 0 Å². The molecule has 0 spiro atoms. The first-order chi connectivity index (χ1) is 11.1. The van der Waals surface area contributed by atoms with Crippen LogP contribution in [0.5, 0.6) is 0 Å². The number of aromatic nitrogens is 1. The second kappa shape index (κ2) is 6.99. The zero-order valence-corrected chi connectivity index (χ0v) is 13.5. The minimum Gasteiger partial charge on any atom is -0.387 e. The molecule has 0 fully saturated rings. The van der Waals surface area contributed by atoms with Gasteiger partial charge in [0.2, 0.25) is 0 Å². The normalized spacial score (nSPS) is 12.1. The van der Waals surface area contributed by atoms with Crippen LogP contribution in [0.15, 0.2) is 47.2 Å². The molecule has 1 amide bonds. The van der Waals surface area contributed by atoms with Crippen LogP contribution in [0.4, 0.5) is 4.39 Å². The van der Waals surface area contributed by atoms with Crippen molar-refractivity contribution in [3.8, 4) is 9.88 Å². The quantitative estimate of drug-likeness (QED) is 0.742. The smallest absolute Gasteiger partial charge is 0.270 e. The van der Waals surface area contributed by atoms with Crippen LogP contribution in [0.2, 0.25) is 0 Å². The van der Waals surface area contributed by atoms with Gasteiger partial charge in [-0.25, -0.2) is 9.37 Å². The minimum atomic E-state index is -0.894. The lowest BCUT2D eigenvalue weighted by Crippen LogP contribution is -2.28. The van der Waals surface area contributed by atoms with E-state index >= 15 is 0 Å². The minimum absolute atomic E-state index is 0.0380. The van der Waals surface area contributed by atoms with Crippen molar-refractivity contribution >= 4 is 28.6 Å². The molecule has 1 atom stereocenters. The Morgan fingerprint density at radius 1 is 1.26 bits per heavy atom. The molecule has 0 saturated carbocycles. The lowest BCUT2D eigenvalue weighted by atomic mass is 10.1. The number of thiazole rings is 1. The third kappa shape index (κ3) is 3.82. The molecule has 2 N–H and O–H groups in total. The van der Waals surface area contributed by atoms with Crippen molar-refractivity contribution in [1.82, 2.24) is 10.3 Å². The van der Waals surface area contributed by atoms with Crippen LogP contribution in [0, 0.1) is 5.82 Å². The molecule has 3 aromatic rings. The summed E-state index contributed by atoms with van der Waals surface area (Å²) in [4.78, 5) is 17.4. The number of carbonyl (C=O) groups excluding carboxylic acids is 1. The first-order valence-electron chi connectivity index (χ1n) is 6.84. The summed E-state index contributed by atoms with van der Waals surface area (Å²) in [6, 6.07) is 9.40. The van der Waals surface area contributed by atoms with Gasteiger partial charge in [0.15, 0.2) is 0 Å². The van der Waals surface area contributed by atoms with E-state index in [1.807, 2.05) is 17.5 Å². The highest BCUT2D eigenvalue weighted by Crippen LogP contribution is 2.27. The molecule has 0 bridgehead atoms. The van der Waals surface area contributed by atoms with Crippen LogP contribution in [-0.4, -0.2) is 22.5 Å². The zero-order chi connectivity index (χ0) is 16.2. The third-order valence-corrected chi connectivity index (χ3v) is 5.06. The maximum absolute atomic E-state index is 12.8. The van der Waals surface area contributed by atoms with Gasteiger partial charge in [0.25, 0.3) is 5.91 Å². The molecule has 4 nitrogen and oxygen atoms in total. The Balaban J connectivity index is 1.60. The van der Waals surface area contributed by atoms with E-state index in [0.717, 1.165) is 9.88 Å². The number of benzene rings is 1. The van der Waals surface area contributed by atoms with Gasteiger partial charge in [0.05, 0.1) is 11.0 Å². The number of hydrogen-bond donors (Lipinski definition) is 2. The highest BCUT2D eigenvalue weighted by atomic mass is 32.1. The van der Waals surface area contributed by atoms with Crippen LogP contribution >= 0.6 is 22.7 Å². The van der Waals surface area contributed by atoms with Crippen molar-refractivity contribution in [2.45, 2.75) is 6.10 Å². The summed E-state index contributed by atoms with van der Waals surface area (Å²) in [6.45, 7) is 0.0380. The molecular weight excluding hydrogens is 335 g/mol. The van der Waals surface area contributed by atoms with Crippen molar-refractivity contribution < 1.29 is 14.3 Å². The average Bonchev–Trinajstić information content (AvgIpc) is 3.23. The fourth-order valence-electron chi connectivity index (χ4n) is 1.97. The van der Waals surface area contributed by atoms with E-state index in [1.54, 1.807) is 16.7 Å². The summed E-state index contributed by atoms with van der Waals surface area (Å²) in [7, 11) is 0. The van der Waals surface area contributed by atoms with E-state index in [9.17, 15) is 14.3 Å². The molecule has 0 aliphatic rings. The first kappa shape index (κ1) is 15.8. The molecule has 0 aliphatic carbocycles. The predicted molar refractivity (Wildman–Crippen MR) is 89.1 cm³/mol. The average molecular weight is 348 g/mol. The molecule has 3 rings (SSSR count). The van der Waals surface area contributed by atoms with Crippen LogP contribution in [0.25, 0.3) is 9.88 Å². The molecule has 0 aliphatic heterocycles. The SMILES string of the molecule is O=C(NCC(O)c1ccc(F)cc1)c1csc(-c2cccs2)n1. The number of amides is 1. The highest BCUT2D eigenvalue weighted by molar-refractivity contribution is 7.20. The van der Waals surface area contributed by atoms with Gasteiger partial charge < -0.3 is 10.4 Å². The third-order valence-electron chi connectivity index (χ3n) is 3.18. The lowest BCUT2D eigenvalue weighted by Gasteiger charge is -2.11. The number of nitrogens with zero attached hydrogens (tertiary/aromatic N) is 1. The summed E-state index contributed by atoms with van der Waals surface area (Å²) in [5.74, 6) is -0.709. The van der Waals surface area contributed by atoms with E-state index in [0.29, 0.717) is 11.3 Å². The molecule has 23 heavy (non-hydrogen) atoms. The van der Waals surface area contributed by atoms with Gasteiger partial charge in [-0.05, 0) is 29.1 Å². The highest BCUT2D eigenvalue weighted by Gasteiger charge is 2.14. The molecule has 2 heterocycles. The number of thiophene rings is 1. The summed E-state index contributed by atoms with van der Waals surface area (Å²) >= 11 is 2.97. The number of halogens is 1. The maximum atomic E-state index is 12.8. The Labute approximate surface area is 140 Å². The molecular formula is C16H13FN2O2S2. The Kier molecular flexibility index (Phi) is 4.80. The second-order valence-electron chi connectivity index (χ2n) is 4.79. The van der Waals surface area contributed by atoms with Crippen LogP contribution in [0.1, 0.15) is 22.2 Å². The molecule has 0 saturated heterocycles. The summed E-state index contributed by atoms with van der Waals surface area (Å²) < 4.78 is 12.8. The molecule has 7 heteroatoms. The number of aliphatic hydroxyl groups is 1. The fourth-order valence-corrected chi connectivity index (χ4v) is 3.59. The van der Waals surface area contributed by atoms with Crippen molar-refractivity contribution in [2.75, 3.05) is 6.54 Å². The summed E-state index contributed by atoms with van der Waals surface area (Å²) in [5, 5.41) is 17.1. The largest absolute Gasteiger partial charge is 0.387 e. The Morgan fingerprint density at radius 2 is 2.04 bits per heavy atom. The Hall–Kier alpha value is -2.09. The number of hydrogen-bond acceptors (Lipinski definition) is 5. The lowest BCUT2D eigenvalue weighted by molar-refractivity contribution is 0.0912. The van der Waals surface area contributed by atoms with Gasteiger partial charge in [0.1, 0.15) is 16.5 Å². The van der Waals surface area contributed by atoms with E-state index in [4.69, 9.17) is 0 Å². The van der Waals surface area contributed by atoms with Crippen LogP contribution in [0.3, 0.4) is 0 Å². The Bertz CT molecular complexity index is 785. The van der Waals surface area contributed by atoms with Crippen molar-refractivity contribution in [3.05, 3.63) is 64.2 Å². The zero-order valence-electron chi connectivity index (χ0n) is 11.9. The van der Waals surface area contributed by atoms with Crippen molar-refractivity contribution in [3.63, 3.8) is 0 Å². The maximum Gasteiger partial charge on any atom is 0.270 e. The molecule has 2 aromatic heterocycles. The van der Waals surface area contributed by atoms with Crippen LogP contribution < -0.4 is 5.32 Å². The van der Waals surface area contributed by atoms with E-state index in [1.165, 1.54) is 35.6 Å². The monoisotopic (exact) mass is 348 g/mol. The molecule has 118 valence electrons. The topological polar surface area (TPSA) is 62.2 Å². The standard InChI is InChI=1S/C16H13FN2O2S2/c17-11-5-3-10(4-6-11)13(20)8-18-15(21)12-9-23-16(19-12)14-2-1-7-22-14/h1-7,9,13,20H,8H2,(H,18,21). The van der Waals surface area contributed by atoms with Gasteiger partial charge in [-0.15, -0.1) is 22.7 Å². The van der Waals surface area contributed by atoms with Gasteiger partial charge >= 0.3 is 0 Å². The summed E-state index contributed by atoms with van der Waals surface area (Å²) in [5.41, 5.74) is 0.869. The molecule has 1 unspecified atom stereocenters. The van der Waals surface area contributed by atoms with Gasteiger partial charge in [-0.1, -0.05) is 18.2 Å². The van der Waals surface area contributed by atoms with Gasteiger partial charge in [-0.3, -0.25) is 4.79 Å². The van der Waals surface area contributed by atoms with Crippen molar-refractivity contribution in [2.24, 2.45) is 0 Å². The van der Waals surface area contributed by atoms with E-state index < -0.39 is 6.10 Å². The number of nitrogens with one attached hydrogen (secondary N) is 1.